The van der Waals surface area contributed by atoms with Gasteiger partial charge in [0, 0.05) is 24.9 Å². The molecule has 90 valence electrons. The highest BCUT2D eigenvalue weighted by molar-refractivity contribution is 5.36. The van der Waals surface area contributed by atoms with Gasteiger partial charge in [-0.1, -0.05) is 13.8 Å². The van der Waals surface area contributed by atoms with Gasteiger partial charge in [-0.15, -0.1) is 0 Å². The summed E-state index contributed by atoms with van der Waals surface area (Å²) < 4.78 is 1.95. The number of aryl methyl sites for hydroxylation is 1. The van der Waals surface area contributed by atoms with Crippen molar-refractivity contribution in [3.63, 3.8) is 0 Å². The van der Waals surface area contributed by atoms with Gasteiger partial charge in [-0.2, -0.15) is 0 Å². The first-order valence-electron chi connectivity index (χ1n) is 5.69. The third-order valence-corrected chi connectivity index (χ3v) is 2.66. The Labute approximate surface area is 101 Å². The van der Waals surface area contributed by atoms with E-state index in [1.807, 2.05) is 23.9 Å². The van der Waals surface area contributed by atoms with Crippen LogP contribution >= 0.6 is 0 Å². The quantitative estimate of drug-likeness (QED) is 0.870. The molecule has 17 heavy (non-hydrogen) atoms. The number of rotatable bonds is 3. The summed E-state index contributed by atoms with van der Waals surface area (Å²) in [6, 6.07) is 0. The van der Waals surface area contributed by atoms with Crippen molar-refractivity contribution in [3.05, 3.63) is 35.9 Å². The van der Waals surface area contributed by atoms with Crippen LogP contribution in [0.1, 0.15) is 37.1 Å². The van der Waals surface area contributed by atoms with Gasteiger partial charge >= 0.3 is 0 Å². The molecule has 0 aromatic carbocycles. The molecule has 2 N–H and O–H groups in total. The summed E-state index contributed by atoms with van der Waals surface area (Å²) in [5.41, 5.74) is 7.51. The van der Waals surface area contributed by atoms with Gasteiger partial charge in [-0.05, 0) is 6.92 Å². The summed E-state index contributed by atoms with van der Waals surface area (Å²) in [5, 5.41) is 0. The van der Waals surface area contributed by atoms with Crippen molar-refractivity contribution in [2.24, 2.45) is 5.73 Å². The second-order valence-electron chi connectivity index (χ2n) is 4.26. The van der Waals surface area contributed by atoms with Crippen molar-refractivity contribution in [1.82, 2.24) is 19.5 Å². The predicted molar refractivity (Wildman–Crippen MR) is 65.9 cm³/mol. The normalized spacial score (nSPS) is 11.1. The molecule has 0 aliphatic carbocycles. The molecule has 0 saturated heterocycles. The van der Waals surface area contributed by atoms with Crippen molar-refractivity contribution in [1.29, 1.82) is 0 Å². The Balaban J connectivity index is 2.52. The van der Waals surface area contributed by atoms with Gasteiger partial charge < -0.3 is 10.3 Å². The second-order valence-corrected chi connectivity index (χ2v) is 4.26. The van der Waals surface area contributed by atoms with Crippen molar-refractivity contribution in [3.8, 4) is 5.69 Å². The Kier molecular flexibility index (Phi) is 3.19. The first-order chi connectivity index (χ1) is 8.13. The lowest BCUT2D eigenvalue weighted by atomic mass is 10.2. The molecule has 0 unspecified atom stereocenters. The number of hydrogen-bond acceptors (Lipinski definition) is 4. The Hall–Kier alpha value is -1.75. The third-order valence-electron chi connectivity index (χ3n) is 2.66. The largest absolute Gasteiger partial charge is 0.325 e. The summed E-state index contributed by atoms with van der Waals surface area (Å²) in [7, 11) is 0. The van der Waals surface area contributed by atoms with Crippen LogP contribution in [0, 0.1) is 6.92 Å². The Morgan fingerprint density at radius 1 is 1.35 bits per heavy atom. The van der Waals surface area contributed by atoms with Gasteiger partial charge in [-0.25, -0.2) is 15.0 Å². The number of hydrogen-bond donors (Lipinski definition) is 1. The zero-order valence-electron chi connectivity index (χ0n) is 10.4. The van der Waals surface area contributed by atoms with Gasteiger partial charge in [0.15, 0.2) is 0 Å². The minimum absolute atomic E-state index is 0.304. The first-order valence-corrected chi connectivity index (χ1v) is 5.69. The van der Waals surface area contributed by atoms with Crippen LogP contribution in [0.15, 0.2) is 18.6 Å². The smallest absolute Gasteiger partial charge is 0.131 e. The van der Waals surface area contributed by atoms with Gasteiger partial charge in [0.2, 0.25) is 0 Å². The Bertz CT molecular complexity index is 515. The highest BCUT2D eigenvalue weighted by Gasteiger charge is 2.11. The fraction of sp³-hybridized carbons (Fsp3) is 0.417. The SMILES string of the molecule is Cc1nccn1-c1cnc(C(C)C)nc1CN. The zero-order chi connectivity index (χ0) is 12.4. The maximum Gasteiger partial charge on any atom is 0.131 e. The van der Waals surface area contributed by atoms with E-state index < -0.39 is 0 Å². The number of nitrogens with zero attached hydrogens (tertiary/aromatic N) is 4. The fourth-order valence-corrected chi connectivity index (χ4v) is 1.69. The molecule has 2 heterocycles. The first kappa shape index (κ1) is 11.7. The molecular formula is C12H17N5. The maximum atomic E-state index is 5.75. The molecule has 0 aliphatic heterocycles. The molecule has 2 rings (SSSR count). The van der Waals surface area contributed by atoms with Crippen molar-refractivity contribution < 1.29 is 0 Å². The summed E-state index contributed by atoms with van der Waals surface area (Å²) in [5.74, 6) is 2.03. The van der Waals surface area contributed by atoms with E-state index in [1.54, 1.807) is 6.20 Å². The summed E-state index contributed by atoms with van der Waals surface area (Å²) >= 11 is 0. The monoisotopic (exact) mass is 231 g/mol. The van der Waals surface area contributed by atoms with E-state index in [1.165, 1.54) is 0 Å². The van der Waals surface area contributed by atoms with E-state index >= 15 is 0 Å². The zero-order valence-corrected chi connectivity index (χ0v) is 10.4. The summed E-state index contributed by atoms with van der Waals surface area (Å²) in [6.45, 7) is 6.47. The van der Waals surface area contributed by atoms with Crippen LogP contribution in [0.25, 0.3) is 5.69 Å². The van der Waals surface area contributed by atoms with Crippen LogP contribution in [-0.2, 0) is 6.54 Å². The lowest BCUT2D eigenvalue weighted by Gasteiger charge is -2.12. The second kappa shape index (κ2) is 4.63. The summed E-state index contributed by atoms with van der Waals surface area (Å²) in [4.78, 5) is 13.1. The van der Waals surface area contributed by atoms with E-state index in [2.05, 4.69) is 28.8 Å². The summed E-state index contributed by atoms with van der Waals surface area (Å²) in [6.07, 6.45) is 5.47. The van der Waals surface area contributed by atoms with Gasteiger partial charge in [0.05, 0.1) is 17.6 Å². The predicted octanol–water partition coefficient (Wildman–Crippen LogP) is 1.55. The molecule has 0 radical (unpaired) electrons. The third kappa shape index (κ3) is 2.19. The number of nitrogens with two attached hydrogens (primary N) is 1. The van der Waals surface area contributed by atoms with E-state index in [0.29, 0.717) is 12.5 Å². The van der Waals surface area contributed by atoms with Gasteiger partial charge in [0.25, 0.3) is 0 Å². The molecule has 5 heteroatoms. The molecule has 2 aromatic rings. The van der Waals surface area contributed by atoms with Crippen molar-refractivity contribution >= 4 is 0 Å². The molecule has 0 atom stereocenters. The number of imidazole rings is 1. The molecule has 5 nitrogen and oxygen atoms in total. The van der Waals surface area contributed by atoms with E-state index in [4.69, 9.17) is 5.73 Å². The Morgan fingerprint density at radius 2 is 2.12 bits per heavy atom. The van der Waals surface area contributed by atoms with Crippen LogP contribution in [0.4, 0.5) is 0 Å². The fourth-order valence-electron chi connectivity index (χ4n) is 1.69. The van der Waals surface area contributed by atoms with Crippen molar-refractivity contribution in [2.45, 2.75) is 33.2 Å². The lowest BCUT2D eigenvalue weighted by Crippen LogP contribution is -2.11. The minimum atomic E-state index is 0.304. The Morgan fingerprint density at radius 3 is 2.65 bits per heavy atom. The van der Waals surface area contributed by atoms with Crippen LogP contribution < -0.4 is 5.73 Å². The van der Waals surface area contributed by atoms with E-state index in [9.17, 15) is 0 Å². The van der Waals surface area contributed by atoms with Crippen molar-refractivity contribution in [2.75, 3.05) is 0 Å². The maximum absolute atomic E-state index is 5.75. The molecule has 0 fully saturated rings. The topological polar surface area (TPSA) is 69.6 Å². The van der Waals surface area contributed by atoms with Crippen LogP contribution in [0.5, 0.6) is 0 Å². The highest BCUT2D eigenvalue weighted by atomic mass is 15.1. The molecule has 0 amide bonds. The average molecular weight is 231 g/mol. The van der Waals surface area contributed by atoms with Gasteiger partial charge in [-0.3, -0.25) is 0 Å². The van der Waals surface area contributed by atoms with Crippen LogP contribution in [0.2, 0.25) is 0 Å². The average Bonchev–Trinajstić information content (AvgIpc) is 2.74. The molecule has 0 spiro atoms. The molecule has 0 bridgehead atoms. The van der Waals surface area contributed by atoms with Gasteiger partial charge in [0.1, 0.15) is 11.6 Å². The van der Waals surface area contributed by atoms with Crippen LogP contribution in [-0.4, -0.2) is 19.5 Å². The molecule has 0 saturated carbocycles. The highest BCUT2D eigenvalue weighted by Crippen LogP contribution is 2.16. The van der Waals surface area contributed by atoms with E-state index in [0.717, 1.165) is 23.0 Å². The molecule has 0 aliphatic rings. The van der Waals surface area contributed by atoms with Crippen LogP contribution in [0.3, 0.4) is 0 Å². The molecular weight excluding hydrogens is 214 g/mol. The van der Waals surface area contributed by atoms with E-state index in [-0.39, 0.29) is 0 Å². The minimum Gasteiger partial charge on any atom is -0.325 e. The lowest BCUT2D eigenvalue weighted by molar-refractivity contribution is 0.746. The standard InChI is InChI=1S/C12H17N5/c1-8(2)12-15-7-11(10(6-13)16-12)17-5-4-14-9(17)3/h4-5,7-8H,6,13H2,1-3H3. The number of aromatic nitrogens is 4. The molecule has 2 aromatic heterocycles.